The molecule has 0 unspecified atom stereocenters. The highest BCUT2D eigenvalue weighted by Crippen LogP contribution is 2.18. The van der Waals surface area contributed by atoms with Crippen molar-refractivity contribution in [3.05, 3.63) is 41.6 Å². The molecule has 0 aliphatic heterocycles. The molecule has 0 amide bonds. The molecule has 0 saturated heterocycles. The molecule has 2 rings (SSSR count). The Balaban J connectivity index is 2.61. The molecular weight excluding hydrogens is 282 g/mol. The number of fused-ring (bicyclic) bond motifs is 1. The number of ether oxygens (including phenoxy) is 1. The average molecular weight is 294 g/mol. The Morgan fingerprint density at radius 3 is 2.88 bits per heavy atom. The lowest BCUT2D eigenvalue weighted by molar-refractivity contribution is 0.101. The fourth-order valence-corrected chi connectivity index (χ4v) is 2.00. The van der Waals surface area contributed by atoms with E-state index in [9.17, 15) is 4.79 Å². The summed E-state index contributed by atoms with van der Waals surface area (Å²) in [4.78, 5) is 16.2. The summed E-state index contributed by atoms with van der Waals surface area (Å²) in [6.45, 7) is 0.395. The van der Waals surface area contributed by atoms with Crippen molar-refractivity contribution < 1.29 is 9.53 Å². The number of halogens is 1. The lowest BCUT2D eigenvalue weighted by Gasteiger charge is -2.08. The molecule has 0 bridgehead atoms. The Morgan fingerprint density at radius 1 is 1.41 bits per heavy atom. The Labute approximate surface area is 108 Å². The molecule has 0 N–H and O–H groups in total. The van der Waals surface area contributed by atoms with E-state index in [1.54, 1.807) is 7.11 Å². The summed E-state index contributed by atoms with van der Waals surface area (Å²) in [5.74, 6) is -0.0252. The number of hydrogen-bond acceptors (Lipinski definition) is 3. The number of pyridine rings is 1. The van der Waals surface area contributed by atoms with E-state index in [0.717, 1.165) is 16.5 Å². The van der Waals surface area contributed by atoms with Gasteiger partial charge in [-0.05, 0) is 12.1 Å². The number of aromatic nitrogens is 1. The predicted octanol–water partition coefficient (Wildman–Crippen LogP) is 2.96. The fourth-order valence-electron chi connectivity index (χ4n) is 1.73. The van der Waals surface area contributed by atoms with E-state index < -0.39 is 0 Å². The minimum absolute atomic E-state index is 0.0252. The van der Waals surface area contributed by atoms with E-state index in [4.69, 9.17) is 4.74 Å². The van der Waals surface area contributed by atoms with Gasteiger partial charge in [-0.15, -0.1) is 0 Å². The van der Waals surface area contributed by atoms with Crippen LogP contribution < -0.4 is 0 Å². The van der Waals surface area contributed by atoms with Gasteiger partial charge in [-0.25, -0.2) is 4.98 Å². The summed E-state index contributed by atoms with van der Waals surface area (Å²) in [5, 5.41) is 1.29. The van der Waals surface area contributed by atoms with E-state index in [1.165, 1.54) is 0 Å². The number of ketones is 1. The van der Waals surface area contributed by atoms with Gasteiger partial charge in [0.25, 0.3) is 0 Å². The number of hydrogen-bond donors (Lipinski definition) is 0. The normalized spacial score (nSPS) is 10.7. The maximum atomic E-state index is 11.8. The lowest BCUT2D eigenvalue weighted by Crippen LogP contribution is -2.09. The average Bonchev–Trinajstić information content (AvgIpc) is 2.37. The first-order chi connectivity index (χ1) is 8.26. The second-order valence-electron chi connectivity index (χ2n) is 3.68. The molecule has 88 valence electrons. The summed E-state index contributed by atoms with van der Waals surface area (Å²) < 4.78 is 5.10. The standard InChI is InChI=1S/C13H12BrNO2/c1-17-8-10-6-9-4-2-3-5-11(9)15-13(10)12(16)7-14/h2-6H,7-8H2,1H3. The number of rotatable bonds is 4. The molecule has 4 heteroatoms. The van der Waals surface area contributed by atoms with Crippen LogP contribution in [-0.4, -0.2) is 23.2 Å². The number of Topliss-reactive ketones (excluding diaryl/α,β-unsaturated/α-hetero) is 1. The summed E-state index contributed by atoms with van der Waals surface area (Å²) in [6.07, 6.45) is 0. The lowest BCUT2D eigenvalue weighted by atomic mass is 10.1. The topological polar surface area (TPSA) is 39.2 Å². The Bertz CT molecular complexity index is 554. The van der Waals surface area contributed by atoms with E-state index >= 15 is 0 Å². The largest absolute Gasteiger partial charge is 0.380 e. The fraction of sp³-hybridized carbons (Fsp3) is 0.231. The SMILES string of the molecule is COCc1cc2ccccc2nc1C(=O)CBr. The quantitative estimate of drug-likeness (QED) is 0.643. The molecule has 0 spiro atoms. The highest BCUT2D eigenvalue weighted by Gasteiger charge is 2.13. The van der Waals surface area contributed by atoms with Crippen LogP contribution >= 0.6 is 15.9 Å². The summed E-state index contributed by atoms with van der Waals surface area (Å²) in [7, 11) is 1.61. The third-order valence-corrected chi connectivity index (χ3v) is 3.00. The number of nitrogens with zero attached hydrogens (tertiary/aromatic N) is 1. The van der Waals surface area contributed by atoms with Gasteiger partial charge in [0, 0.05) is 18.1 Å². The number of para-hydroxylation sites is 1. The predicted molar refractivity (Wildman–Crippen MR) is 70.6 cm³/mol. The number of carbonyl (C=O) groups is 1. The maximum absolute atomic E-state index is 11.8. The Hall–Kier alpha value is -1.26. The number of methoxy groups -OCH3 is 1. The van der Waals surface area contributed by atoms with Crippen LogP contribution in [0.1, 0.15) is 16.1 Å². The summed E-state index contributed by atoms with van der Waals surface area (Å²) in [5.41, 5.74) is 2.15. The van der Waals surface area contributed by atoms with Crippen molar-refractivity contribution in [3.8, 4) is 0 Å². The van der Waals surface area contributed by atoms with Crippen LogP contribution in [-0.2, 0) is 11.3 Å². The van der Waals surface area contributed by atoms with Gasteiger partial charge in [0.15, 0.2) is 5.78 Å². The molecule has 2 aromatic rings. The van der Waals surface area contributed by atoms with Crippen molar-refractivity contribution in [1.82, 2.24) is 4.98 Å². The van der Waals surface area contributed by atoms with E-state index in [-0.39, 0.29) is 11.1 Å². The van der Waals surface area contributed by atoms with Gasteiger partial charge < -0.3 is 4.74 Å². The van der Waals surface area contributed by atoms with Crippen molar-refractivity contribution in [2.24, 2.45) is 0 Å². The number of benzene rings is 1. The van der Waals surface area contributed by atoms with Crippen molar-refractivity contribution in [3.63, 3.8) is 0 Å². The molecule has 0 atom stereocenters. The van der Waals surface area contributed by atoms with Crippen molar-refractivity contribution in [2.75, 3.05) is 12.4 Å². The maximum Gasteiger partial charge on any atom is 0.192 e. The number of alkyl halides is 1. The Kier molecular flexibility index (Phi) is 3.86. The van der Waals surface area contributed by atoms with Gasteiger partial charge in [0.2, 0.25) is 0 Å². The van der Waals surface area contributed by atoms with Crippen LogP contribution in [0, 0.1) is 0 Å². The van der Waals surface area contributed by atoms with Gasteiger partial charge >= 0.3 is 0 Å². The van der Waals surface area contributed by atoms with Crippen LogP contribution in [0.15, 0.2) is 30.3 Å². The second kappa shape index (κ2) is 5.38. The molecule has 1 aromatic carbocycles. The van der Waals surface area contributed by atoms with Gasteiger partial charge in [-0.2, -0.15) is 0 Å². The van der Waals surface area contributed by atoms with Crippen LogP contribution in [0.5, 0.6) is 0 Å². The first kappa shape index (κ1) is 12.2. The third kappa shape index (κ3) is 2.53. The molecule has 0 radical (unpaired) electrons. The van der Waals surface area contributed by atoms with Gasteiger partial charge in [0.1, 0.15) is 5.69 Å². The first-order valence-electron chi connectivity index (χ1n) is 5.23. The minimum atomic E-state index is -0.0252. The van der Waals surface area contributed by atoms with Gasteiger partial charge in [-0.1, -0.05) is 34.1 Å². The van der Waals surface area contributed by atoms with Crippen LogP contribution in [0.25, 0.3) is 10.9 Å². The highest BCUT2D eigenvalue weighted by molar-refractivity contribution is 9.09. The summed E-state index contributed by atoms with van der Waals surface area (Å²) >= 11 is 3.17. The zero-order valence-electron chi connectivity index (χ0n) is 9.44. The molecule has 17 heavy (non-hydrogen) atoms. The second-order valence-corrected chi connectivity index (χ2v) is 4.24. The smallest absolute Gasteiger partial charge is 0.192 e. The van der Waals surface area contributed by atoms with Gasteiger partial charge in [-0.3, -0.25) is 4.79 Å². The van der Waals surface area contributed by atoms with Crippen molar-refractivity contribution in [1.29, 1.82) is 0 Å². The molecule has 3 nitrogen and oxygen atoms in total. The van der Waals surface area contributed by atoms with Crippen molar-refractivity contribution in [2.45, 2.75) is 6.61 Å². The highest BCUT2D eigenvalue weighted by atomic mass is 79.9. The molecule has 0 fully saturated rings. The van der Waals surface area contributed by atoms with Crippen LogP contribution in [0.3, 0.4) is 0 Å². The molecule has 1 heterocycles. The van der Waals surface area contributed by atoms with E-state index in [0.29, 0.717) is 12.3 Å². The third-order valence-electron chi connectivity index (χ3n) is 2.49. The number of carbonyl (C=O) groups excluding carboxylic acids is 1. The monoisotopic (exact) mass is 293 g/mol. The molecule has 0 saturated carbocycles. The van der Waals surface area contributed by atoms with Gasteiger partial charge in [0.05, 0.1) is 17.5 Å². The molecule has 0 aliphatic carbocycles. The minimum Gasteiger partial charge on any atom is -0.380 e. The Morgan fingerprint density at radius 2 is 2.18 bits per heavy atom. The molecular formula is C13H12BrNO2. The van der Waals surface area contributed by atoms with Crippen LogP contribution in [0.4, 0.5) is 0 Å². The van der Waals surface area contributed by atoms with E-state index in [1.807, 2.05) is 30.3 Å². The van der Waals surface area contributed by atoms with E-state index in [2.05, 4.69) is 20.9 Å². The zero-order chi connectivity index (χ0) is 12.3. The first-order valence-corrected chi connectivity index (χ1v) is 6.35. The summed E-state index contributed by atoms with van der Waals surface area (Å²) in [6, 6.07) is 9.70. The zero-order valence-corrected chi connectivity index (χ0v) is 11.0. The van der Waals surface area contributed by atoms with Crippen LogP contribution in [0.2, 0.25) is 0 Å². The molecule has 1 aromatic heterocycles. The molecule has 0 aliphatic rings. The van der Waals surface area contributed by atoms with Crippen molar-refractivity contribution >= 4 is 32.6 Å².